The number of nitrogens with one attached hydrogen (secondary N) is 1. The number of thiazole rings is 1. The van der Waals surface area contributed by atoms with Gasteiger partial charge in [-0.15, -0.1) is 11.3 Å². The van der Waals surface area contributed by atoms with Crippen LogP contribution in [0, 0.1) is 0 Å². The molecule has 4 nitrogen and oxygen atoms in total. The Morgan fingerprint density at radius 3 is 2.47 bits per heavy atom. The molecule has 2 rings (SSSR count). The molecule has 0 unspecified atom stereocenters. The smallest absolute Gasteiger partial charge is 0.275 e. The molecule has 1 aromatic heterocycles. The third-order valence-electron chi connectivity index (χ3n) is 2.92. The molecule has 0 bridgehead atoms. The quantitative estimate of drug-likeness (QED) is 0.911. The first-order valence-corrected chi connectivity index (χ1v) is 7.23. The Morgan fingerprint density at radius 1 is 1.26 bits per heavy atom. The first-order valence-electron chi connectivity index (χ1n) is 6.29. The number of amides is 1. The average molecular weight is 275 g/mol. The molecular formula is C14H17N3OS. The van der Waals surface area contributed by atoms with E-state index in [9.17, 15) is 4.79 Å². The zero-order chi connectivity index (χ0) is 13.7. The van der Waals surface area contributed by atoms with Crippen molar-refractivity contribution in [2.45, 2.75) is 13.8 Å². The highest BCUT2D eigenvalue weighted by Crippen LogP contribution is 2.18. The van der Waals surface area contributed by atoms with Crippen molar-refractivity contribution < 1.29 is 4.79 Å². The fourth-order valence-electron chi connectivity index (χ4n) is 1.86. The van der Waals surface area contributed by atoms with Crippen LogP contribution < -0.4 is 10.2 Å². The minimum Gasteiger partial charge on any atom is -0.372 e. The van der Waals surface area contributed by atoms with Gasteiger partial charge < -0.3 is 10.2 Å². The van der Waals surface area contributed by atoms with Crippen LogP contribution in [0.5, 0.6) is 0 Å². The van der Waals surface area contributed by atoms with Crippen LogP contribution in [0.15, 0.2) is 35.2 Å². The van der Waals surface area contributed by atoms with E-state index in [2.05, 4.69) is 29.0 Å². The molecular weight excluding hydrogens is 258 g/mol. The maximum atomic E-state index is 11.8. The van der Waals surface area contributed by atoms with Gasteiger partial charge in [0.25, 0.3) is 5.91 Å². The molecule has 2 aromatic rings. The van der Waals surface area contributed by atoms with Gasteiger partial charge in [-0.05, 0) is 38.1 Å². The van der Waals surface area contributed by atoms with E-state index < -0.39 is 0 Å². The molecule has 0 fully saturated rings. The molecule has 5 heteroatoms. The summed E-state index contributed by atoms with van der Waals surface area (Å²) in [5.41, 5.74) is 4.06. The lowest BCUT2D eigenvalue weighted by Gasteiger charge is -2.21. The van der Waals surface area contributed by atoms with Crippen LogP contribution in [0.4, 0.5) is 11.4 Å². The predicted octanol–water partition coefficient (Wildman–Crippen LogP) is 3.24. The van der Waals surface area contributed by atoms with Gasteiger partial charge in [0.1, 0.15) is 5.69 Å². The van der Waals surface area contributed by atoms with Gasteiger partial charge >= 0.3 is 0 Å². The molecule has 0 aliphatic carbocycles. The Kier molecular flexibility index (Phi) is 4.52. The summed E-state index contributed by atoms with van der Waals surface area (Å²) in [6.07, 6.45) is 0. The van der Waals surface area contributed by atoms with E-state index in [4.69, 9.17) is 0 Å². The fraction of sp³-hybridized carbons (Fsp3) is 0.286. The van der Waals surface area contributed by atoms with E-state index in [1.54, 1.807) is 10.9 Å². The molecule has 1 aromatic carbocycles. The maximum absolute atomic E-state index is 11.8. The molecule has 1 heterocycles. The number of rotatable bonds is 5. The van der Waals surface area contributed by atoms with Gasteiger partial charge in [0.2, 0.25) is 0 Å². The number of anilines is 2. The minimum absolute atomic E-state index is 0.170. The van der Waals surface area contributed by atoms with Crippen LogP contribution in [0.1, 0.15) is 24.3 Å². The number of carbonyl (C=O) groups excluding carboxylic acids is 1. The lowest BCUT2D eigenvalue weighted by Crippen LogP contribution is -2.21. The Balaban J connectivity index is 2.05. The Morgan fingerprint density at radius 2 is 1.95 bits per heavy atom. The van der Waals surface area contributed by atoms with Crippen molar-refractivity contribution in [3.05, 3.63) is 40.8 Å². The molecule has 0 atom stereocenters. The molecule has 1 amide bonds. The van der Waals surface area contributed by atoms with E-state index in [0.29, 0.717) is 5.69 Å². The van der Waals surface area contributed by atoms with Gasteiger partial charge in [-0.25, -0.2) is 4.98 Å². The summed E-state index contributed by atoms with van der Waals surface area (Å²) in [7, 11) is 0. The fourth-order valence-corrected chi connectivity index (χ4v) is 2.40. The third-order valence-corrected chi connectivity index (χ3v) is 3.51. The van der Waals surface area contributed by atoms with Crippen molar-refractivity contribution in [1.82, 2.24) is 4.98 Å². The molecule has 19 heavy (non-hydrogen) atoms. The maximum Gasteiger partial charge on any atom is 0.275 e. The van der Waals surface area contributed by atoms with Crippen molar-refractivity contribution in [3.63, 3.8) is 0 Å². The highest BCUT2D eigenvalue weighted by Gasteiger charge is 2.08. The Bertz CT molecular complexity index is 518. The van der Waals surface area contributed by atoms with Crippen LogP contribution >= 0.6 is 11.3 Å². The van der Waals surface area contributed by atoms with Crippen molar-refractivity contribution in [2.24, 2.45) is 0 Å². The van der Waals surface area contributed by atoms with E-state index in [1.165, 1.54) is 11.3 Å². The van der Waals surface area contributed by atoms with Crippen molar-refractivity contribution >= 4 is 28.6 Å². The first-order chi connectivity index (χ1) is 9.24. The van der Waals surface area contributed by atoms with E-state index in [-0.39, 0.29) is 5.91 Å². The summed E-state index contributed by atoms with van der Waals surface area (Å²) < 4.78 is 0. The van der Waals surface area contributed by atoms with E-state index in [1.807, 2.05) is 24.3 Å². The second-order valence-corrected chi connectivity index (χ2v) is 4.77. The van der Waals surface area contributed by atoms with E-state index in [0.717, 1.165) is 24.5 Å². The number of aromatic nitrogens is 1. The summed E-state index contributed by atoms with van der Waals surface area (Å²) >= 11 is 1.41. The zero-order valence-electron chi connectivity index (χ0n) is 11.1. The van der Waals surface area contributed by atoms with E-state index >= 15 is 0 Å². The number of hydrogen-bond acceptors (Lipinski definition) is 4. The summed E-state index contributed by atoms with van der Waals surface area (Å²) in [5, 5.41) is 4.57. The molecule has 0 aliphatic heterocycles. The molecule has 100 valence electrons. The van der Waals surface area contributed by atoms with Crippen molar-refractivity contribution in [2.75, 3.05) is 23.3 Å². The largest absolute Gasteiger partial charge is 0.372 e. The van der Waals surface area contributed by atoms with Crippen LogP contribution in [0.3, 0.4) is 0 Å². The van der Waals surface area contributed by atoms with Crippen LogP contribution in [0.25, 0.3) is 0 Å². The highest BCUT2D eigenvalue weighted by molar-refractivity contribution is 7.07. The Labute approximate surface area is 117 Å². The zero-order valence-corrected chi connectivity index (χ0v) is 11.9. The van der Waals surface area contributed by atoms with Crippen LogP contribution in [0.2, 0.25) is 0 Å². The summed E-state index contributed by atoms with van der Waals surface area (Å²) in [6.45, 7) is 6.20. The molecule has 0 saturated heterocycles. The topological polar surface area (TPSA) is 45.2 Å². The van der Waals surface area contributed by atoms with Crippen molar-refractivity contribution in [1.29, 1.82) is 0 Å². The number of nitrogens with zero attached hydrogens (tertiary/aromatic N) is 2. The van der Waals surface area contributed by atoms with Gasteiger partial charge in [0.05, 0.1) is 5.51 Å². The lowest BCUT2D eigenvalue weighted by atomic mass is 10.2. The monoisotopic (exact) mass is 275 g/mol. The van der Waals surface area contributed by atoms with Gasteiger partial charge in [0.15, 0.2) is 0 Å². The lowest BCUT2D eigenvalue weighted by molar-refractivity contribution is 0.102. The highest BCUT2D eigenvalue weighted by atomic mass is 32.1. The van der Waals surface area contributed by atoms with Crippen molar-refractivity contribution in [3.8, 4) is 0 Å². The van der Waals surface area contributed by atoms with Crippen LogP contribution in [-0.4, -0.2) is 24.0 Å². The number of carbonyl (C=O) groups is 1. The molecule has 0 radical (unpaired) electrons. The molecule has 0 saturated carbocycles. The average Bonchev–Trinajstić information content (AvgIpc) is 2.96. The van der Waals surface area contributed by atoms with Gasteiger partial charge in [-0.2, -0.15) is 0 Å². The summed E-state index contributed by atoms with van der Waals surface area (Å²) in [5.74, 6) is -0.170. The third kappa shape index (κ3) is 3.32. The second kappa shape index (κ2) is 6.33. The standard InChI is InChI=1S/C14H17N3OS/c1-3-17(4-2)12-7-5-11(6-8-12)16-14(18)13-9-19-10-15-13/h5-10H,3-4H2,1-2H3,(H,16,18). The van der Waals surface area contributed by atoms with Gasteiger partial charge in [-0.3, -0.25) is 4.79 Å². The van der Waals surface area contributed by atoms with Crippen LogP contribution in [-0.2, 0) is 0 Å². The summed E-state index contributed by atoms with van der Waals surface area (Å²) in [6, 6.07) is 7.86. The first kappa shape index (κ1) is 13.5. The van der Waals surface area contributed by atoms with Gasteiger partial charge in [0, 0.05) is 29.8 Å². The second-order valence-electron chi connectivity index (χ2n) is 4.05. The molecule has 0 aliphatic rings. The number of benzene rings is 1. The number of hydrogen-bond donors (Lipinski definition) is 1. The summed E-state index contributed by atoms with van der Waals surface area (Å²) in [4.78, 5) is 18.1. The molecule has 0 spiro atoms. The SMILES string of the molecule is CCN(CC)c1ccc(NC(=O)c2cscn2)cc1. The normalized spacial score (nSPS) is 10.2. The predicted molar refractivity (Wildman–Crippen MR) is 80.1 cm³/mol. The molecule has 1 N–H and O–H groups in total. The minimum atomic E-state index is -0.170. The van der Waals surface area contributed by atoms with Gasteiger partial charge in [-0.1, -0.05) is 0 Å². The Hall–Kier alpha value is -1.88.